The molecule has 2 atom stereocenters. The zero-order chi connectivity index (χ0) is 17.7. The lowest BCUT2D eigenvalue weighted by Gasteiger charge is -2.25. The molecular formula is C20H32N2O2. The fourth-order valence-corrected chi connectivity index (χ4v) is 3.31. The van der Waals surface area contributed by atoms with E-state index in [1.165, 1.54) is 5.56 Å². The highest BCUT2D eigenvalue weighted by Gasteiger charge is 2.36. The molecule has 1 N–H and O–H groups in total. The number of alkyl carbamates (subject to hydrolysis) is 1. The normalized spacial score (nSPS) is 21.9. The molecular weight excluding hydrogens is 300 g/mol. The second-order valence-corrected chi connectivity index (χ2v) is 8.16. The van der Waals surface area contributed by atoms with Crippen LogP contribution in [0.3, 0.4) is 0 Å². The Morgan fingerprint density at radius 3 is 2.50 bits per heavy atom. The van der Waals surface area contributed by atoms with Gasteiger partial charge >= 0.3 is 6.09 Å². The van der Waals surface area contributed by atoms with Gasteiger partial charge in [0, 0.05) is 25.7 Å². The molecule has 1 saturated heterocycles. The molecule has 0 aromatic heterocycles. The van der Waals surface area contributed by atoms with Crippen molar-refractivity contribution in [3.63, 3.8) is 0 Å². The van der Waals surface area contributed by atoms with Crippen LogP contribution in [0.15, 0.2) is 30.3 Å². The van der Waals surface area contributed by atoms with Crippen molar-refractivity contribution in [3.8, 4) is 0 Å². The van der Waals surface area contributed by atoms with E-state index in [-0.39, 0.29) is 12.1 Å². The molecule has 1 aromatic rings. The van der Waals surface area contributed by atoms with E-state index in [4.69, 9.17) is 4.74 Å². The fraction of sp³-hybridized carbons (Fsp3) is 0.650. The fourth-order valence-electron chi connectivity index (χ4n) is 3.31. The summed E-state index contributed by atoms with van der Waals surface area (Å²) >= 11 is 0. The maximum Gasteiger partial charge on any atom is 0.407 e. The number of nitrogens with one attached hydrogen (secondary N) is 1. The van der Waals surface area contributed by atoms with Crippen molar-refractivity contribution in [1.29, 1.82) is 0 Å². The first-order chi connectivity index (χ1) is 11.2. The Labute approximate surface area is 146 Å². The van der Waals surface area contributed by atoms with Crippen molar-refractivity contribution in [3.05, 3.63) is 35.9 Å². The van der Waals surface area contributed by atoms with Gasteiger partial charge in [0.1, 0.15) is 5.60 Å². The topological polar surface area (TPSA) is 41.6 Å². The van der Waals surface area contributed by atoms with Crippen molar-refractivity contribution in [2.75, 3.05) is 19.6 Å². The molecule has 1 aliphatic rings. The predicted molar refractivity (Wildman–Crippen MR) is 98.1 cm³/mol. The third kappa shape index (κ3) is 5.82. The summed E-state index contributed by atoms with van der Waals surface area (Å²) in [6.45, 7) is 13.1. The van der Waals surface area contributed by atoms with Crippen molar-refractivity contribution >= 4 is 6.09 Å². The Kier molecular flexibility index (Phi) is 6.27. The predicted octanol–water partition coefficient (Wildman–Crippen LogP) is 3.71. The number of hydrogen-bond acceptors (Lipinski definition) is 3. The molecule has 1 heterocycles. The van der Waals surface area contributed by atoms with Gasteiger partial charge in [0.25, 0.3) is 0 Å². The number of rotatable bonds is 5. The minimum absolute atomic E-state index is 0.163. The van der Waals surface area contributed by atoms with Crippen LogP contribution in [-0.2, 0) is 11.2 Å². The lowest BCUT2D eigenvalue weighted by atomic mass is 9.91. The highest BCUT2D eigenvalue weighted by molar-refractivity contribution is 5.68. The van der Waals surface area contributed by atoms with Gasteiger partial charge in [-0.3, -0.25) is 0 Å². The molecule has 4 heteroatoms. The highest BCUT2D eigenvalue weighted by Crippen LogP contribution is 2.25. The molecule has 0 aliphatic carbocycles. The van der Waals surface area contributed by atoms with E-state index in [9.17, 15) is 4.79 Å². The van der Waals surface area contributed by atoms with Gasteiger partial charge in [0.05, 0.1) is 0 Å². The van der Waals surface area contributed by atoms with Crippen LogP contribution >= 0.6 is 0 Å². The molecule has 0 radical (unpaired) electrons. The van der Waals surface area contributed by atoms with Crippen LogP contribution < -0.4 is 5.32 Å². The molecule has 2 rings (SSSR count). The molecule has 1 aliphatic heterocycles. The Morgan fingerprint density at radius 2 is 1.92 bits per heavy atom. The highest BCUT2D eigenvalue weighted by atomic mass is 16.6. The molecule has 134 valence electrons. The standard InChI is InChI=1S/C20H32N2O2/c1-15(2)17-13-22(12-11-16-9-7-6-8-10-16)14-18(17)21-19(23)24-20(3,4)5/h6-10,15,17-18H,11-14H2,1-5H3,(H,21,23)/t17-,18-/m1/s1. The third-order valence-corrected chi connectivity index (χ3v) is 4.56. The average molecular weight is 332 g/mol. The number of ether oxygens (including phenoxy) is 1. The largest absolute Gasteiger partial charge is 0.444 e. The Morgan fingerprint density at radius 1 is 1.25 bits per heavy atom. The van der Waals surface area contributed by atoms with Gasteiger partial charge < -0.3 is 15.0 Å². The summed E-state index contributed by atoms with van der Waals surface area (Å²) in [6, 6.07) is 10.7. The molecule has 1 amide bonds. The maximum absolute atomic E-state index is 12.1. The minimum atomic E-state index is -0.455. The molecule has 1 aromatic carbocycles. The molecule has 4 nitrogen and oxygen atoms in total. The Bertz CT molecular complexity index is 522. The van der Waals surface area contributed by atoms with E-state index in [1.807, 2.05) is 20.8 Å². The summed E-state index contributed by atoms with van der Waals surface area (Å²) in [6.07, 6.45) is 0.744. The van der Waals surface area contributed by atoms with E-state index < -0.39 is 5.60 Å². The van der Waals surface area contributed by atoms with E-state index in [0.717, 1.165) is 26.1 Å². The maximum atomic E-state index is 12.1. The van der Waals surface area contributed by atoms with E-state index in [0.29, 0.717) is 11.8 Å². The monoisotopic (exact) mass is 332 g/mol. The van der Waals surface area contributed by atoms with Gasteiger partial charge in [-0.15, -0.1) is 0 Å². The van der Waals surface area contributed by atoms with Crippen LogP contribution in [0.2, 0.25) is 0 Å². The van der Waals surface area contributed by atoms with Crippen LogP contribution in [0.5, 0.6) is 0 Å². The molecule has 0 unspecified atom stereocenters. The summed E-state index contributed by atoms with van der Waals surface area (Å²) in [4.78, 5) is 14.6. The molecule has 1 fully saturated rings. The SMILES string of the molecule is CC(C)[C@H]1CN(CCc2ccccc2)C[C@H]1NC(=O)OC(C)(C)C. The summed E-state index contributed by atoms with van der Waals surface area (Å²) in [5.74, 6) is 1.000. The van der Waals surface area contributed by atoms with Crippen LogP contribution in [0.1, 0.15) is 40.2 Å². The Balaban J connectivity index is 1.89. The number of likely N-dealkylation sites (tertiary alicyclic amines) is 1. The van der Waals surface area contributed by atoms with Crippen molar-refractivity contribution in [1.82, 2.24) is 10.2 Å². The number of benzene rings is 1. The van der Waals surface area contributed by atoms with Crippen molar-refractivity contribution < 1.29 is 9.53 Å². The van der Waals surface area contributed by atoms with E-state index >= 15 is 0 Å². The number of carbonyl (C=O) groups excluding carboxylic acids is 1. The quantitative estimate of drug-likeness (QED) is 0.894. The summed E-state index contributed by atoms with van der Waals surface area (Å²) < 4.78 is 5.42. The lowest BCUT2D eigenvalue weighted by molar-refractivity contribution is 0.0490. The summed E-state index contributed by atoms with van der Waals surface area (Å²) in [5.41, 5.74) is 0.908. The van der Waals surface area contributed by atoms with Crippen LogP contribution in [0.25, 0.3) is 0 Å². The zero-order valence-corrected chi connectivity index (χ0v) is 15.7. The smallest absolute Gasteiger partial charge is 0.407 e. The van der Waals surface area contributed by atoms with Gasteiger partial charge in [0.15, 0.2) is 0 Å². The van der Waals surface area contributed by atoms with Gasteiger partial charge in [-0.25, -0.2) is 4.79 Å². The first-order valence-electron chi connectivity index (χ1n) is 9.00. The van der Waals surface area contributed by atoms with Crippen molar-refractivity contribution in [2.24, 2.45) is 11.8 Å². The van der Waals surface area contributed by atoms with Gasteiger partial charge in [-0.05, 0) is 44.6 Å². The summed E-state index contributed by atoms with van der Waals surface area (Å²) in [7, 11) is 0. The van der Waals surface area contributed by atoms with Crippen LogP contribution in [-0.4, -0.2) is 42.3 Å². The van der Waals surface area contributed by atoms with Crippen molar-refractivity contribution in [2.45, 2.75) is 52.7 Å². The van der Waals surface area contributed by atoms with Gasteiger partial charge in [0.2, 0.25) is 0 Å². The number of hydrogen-bond donors (Lipinski definition) is 1. The third-order valence-electron chi connectivity index (χ3n) is 4.56. The summed E-state index contributed by atoms with van der Waals surface area (Å²) in [5, 5.41) is 3.09. The van der Waals surface area contributed by atoms with Gasteiger partial charge in [-0.1, -0.05) is 44.2 Å². The first-order valence-corrected chi connectivity index (χ1v) is 9.00. The van der Waals surface area contributed by atoms with Gasteiger partial charge in [-0.2, -0.15) is 0 Å². The minimum Gasteiger partial charge on any atom is -0.444 e. The molecule has 0 bridgehead atoms. The lowest BCUT2D eigenvalue weighted by Crippen LogP contribution is -2.44. The Hall–Kier alpha value is -1.55. The van der Waals surface area contributed by atoms with Crippen LogP contribution in [0.4, 0.5) is 4.79 Å². The molecule has 0 spiro atoms. The number of carbonyl (C=O) groups is 1. The van der Waals surface area contributed by atoms with E-state index in [1.54, 1.807) is 0 Å². The number of nitrogens with zero attached hydrogens (tertiary/aromatic N) is 1. The average Bonchev–Trinajstić information content (AvgIpc) is 2.87. The first kappa shape index (κ1) is 18.8. The second kappa shape index (κ2) is 8.02. The van der Waals surface area contributed by atoms with Crippen LogP contribution in [0, 0.1) is 11.8 Å². The second-order valence-electron chi connectivity index (χ2n) is 8.16. The van der Waals surface area contributed by atoms with E-state index in [2.05, 4.69) is 54.4 Å². The number of amides is 1. The molecule has 24 heavy (non-hydrogen) atoms. The zero-order valence-electron chi connectivity index (χ0n) is 15.7. The molecule has 0 saturated carbocycles.